The quantitative estimate of drug-likeness (QED) is 0.827. The average Bonchev–Trinajstić information content (AvgIpc) is 3.05. The number of amides is 1. The summed E-state index contributed by atoms with van der Waals surface area (Å²) >= 11 is 1.42. The third-order valence-electron chi connectivity index (χ3n) is 4.64. The number of piperidine rings is 1. The predicted octanol–water partition coefficient (Wildman–Crippen LogP) is 2.24. The van der Waals surface area contributed by atoms with E-state index in [0.717, 1.165) is 10.2 Å². The Morgan fingerprint density at radius 2 is 2.04 bits per heavy atom. The van der Waals surface area contributed by atoms with Crippen LogP contribution in [0.25, 0.3) is 10.2 Å². The molecule has 3 rings (SSSR count). The Morgan fingerprint density at radius 3 is 2.68 bits per heavy atom. The van der Waals surface area contributed by atoms with Crippen LogP contribution in [-0.4, -0.2) is 42.7 Å². The van der Waals surface area contributed by atoms with Crippen molar-refractivity contribution in [2.24, 2.45) is 11.8 Å². The minimum Gasteiger partial charge on any atom is -0.349 e. The molecule has 1 aromatic carbocycles. The molecule has 0 radical (unpaired) electrons. The predicted molar refractivity (Wildman–Crippen MR) is 98.8 cm³/mol. The van der Waals surface area contributed by atoms with Crippen LogP contribution >= 0.6 is 11.3 Å². The summed E-state index contributed by atoms with van der Waals surface area (Å²) in [5.41, 5.74) is 2.51. The number of sulfonamides is 1. The lowest BCUT2D eigenvalue weighted by molar-refractivity contribution is -0.118. The van der Waals surface area contributed by atoms with E-state index in [9.17, 15) is 13.2 Å². The fraction of sp³-hybridized carbons (Fsp3) is 0.412. The van der Waals surface area contributed by atoms with Crippen molar-refractivity contribution in [2.75, 3.05) is 13.1 Å². The molecule has 2 atom stereocenters. The van der Waals surface area contributed by atoms with Gasteiger partial charge in [0.15, 0.2) is 0 Å². The number of thiazole rings is 1. The minimum atomic E-state index is -3.58. The summed E-state index contributed by atoms with van der Waals surface area (Å²) in [4.78, 5) is 16.1. The Morgan fingerprint density at radius 1 is 1.36 bits per heavy atom. The molecule has 1 amide bonds. The number of carbonyl (C=O) groups is 1. The molecule has 2 unspecified atom stereocenters. The van der Waals surface area contributed by atoms with E-state index in [1.807, 2.05) is 13.8 Å². The van der Waals surface area contributed by atoms with Crippen LogP contribution in [0.4, 0.5) is 0 Å². The molecular formula is C17H21N3O3S2. The summed E-state index contributed by atoms with van der Waals surface area (Å²) in [6.07, 6.45) is 1.24. The van der Waals surface area contributed by atoms with Gasteiger partial charge in [-0.15, -0.1) is 11.3 Å². The van der Waals surface area contributed by atoms with Gasteiger partial charge >= 0.3 is 0 Å². The molecule has 8 heteroatoms. The van der Waals surface area contributed by atoms with Crippen LogP contribution in [0.15, 0.2) is 41.3 Å². The minimum absolute atomic E-state index is 0.00885. The molecule has 0 aliphatic carbocycles. The zero-order valence-corrected chi connectivity index (χ0v) is 15.8. The summed E-state index contributed by atoms with van der Waals surface area (Å²) < 4.78 is 28.4. The summed E-state index contributed by atoms with van der Waals surface area (Å²) in [5.74, 6) is -0.209. The number of aromatic nitrogens is 1. The lowest BCUT2D eigenvalue weighted by Crippen LogP contribution is -2.55. The second-order valence-corrected chi connectivity index (χ2v) is 9.32. The van der Waals surface area contributed by atoms with Crippen molar-refractivity contribution < 1.29 is 13.2 Å². The van der Waals surface area contributed by atoms with E-state index in [1.54, 1.807) is 23.7 Å². The second kappa shape index (κ2) is 6.86. The van der Waals surface area contributed by atoms with Gasteiger partial charge in [-0.05, 0) is 36.1 Å². The van der Waals surface area contributed by atoms with Gasteiger partial charge in [0.2, 0.25) is 15.9 Å². The van der Waals surface area contributed by atoms with Crippen molar-refractivity contribution >= 4 is 37.5 Å². The lowest BCUT2D eigenvalue weighted by atomic mass is 9.87. The van der Waals surface area contributed by atoms with Gasteiger partial charge < -0.3 is 5.32 Å². The number of rotatable bonds is 4. The molecular weight excluding hydrogens is 358 g/mol. The number of benzene rings is 1. The van der Waals surface area contributed by atoms with Crippen molar-refractivity contribution in [3.63, 3.8) is 0 Å². The highest BCUT2D eigenvalue weighted by Crippen LogP contribution is 2.29. The van der Waals surface area contributed by atoms with E-state index < -0.39 is 10.0 Å². The molecule has 1 saturated heterocycles. The van der Waals surface area contributed by atoms with E-state index in [0.29, 0.717) is 13.1 Å². The molecule has 0 spiro atoms. The van der Waals surface area contributed by atoms with E-state index in [4.69, 9.17) is 0 Å². The number of fused-ring (bicyclic) bond motifs is 1. The summed E-state index contributed by atoms with van der Waals surface area (Å²) in [7, 11) is -3.58. The number of hydrogen-bond donors (Lipinski definition) is 1. The molecule has 1 aliphatic heterocycles. The van der Waals surface area contributed by atoms with Crippen LogP contribution in [0, 0.1) is 11.8 Å². The Bertz CT molecular complexity index is 895. The van der Waals surface area contributed by atoms with E-state index in [2.05, 4.69) is 16.9 Å². The standard InChI is InChI=1S/C17H21N3O3S2/c1-4-16(21)19-17-11(2)8-20(9-12(17)3)25(22,23)13-5-6-14-15(7-13)24-10-18-14/h4-7,10-12,17H,1,8-9H2,2-3H3,(H,19,21). The van der Waals surface area contributed by atoms with Gasteiger partial charge in [0.1, 0.15) is 0 Å². The topological polar surface area (TPSA) is 79.4 Å². The molecule has 134 valence electrons. The van der Waals surface area contributed by atoms with Gasteiger partial charge in [-0.1, -0.05) is 20.4 Å². The highest BCUT2D eigenvalue weighted by Gasteiger charge is 2.38. The molecule has 0 bridgehead atoms. The zero-order chi connectivity index (χ0) is 18.2. The third kappa shape index (κ3) is 3.47. The zero-order valence-electron chi connectivity index (χ0n) is 14.2. The second-order valence-electron chi connectivity index (χ2n) is 6.50. The monoisotopic (exact) mass is 379 g/mol. The fourth-order valence-electron chi connectivity index (χ4n) is 3.35. The molecule has 2 aromatic rings. The number of nitrogens with zero attached hydrogens (tertiary/aromatic N) is 2. The van der Waals surface area contributed by atoms with Crippen molar-refractivity contribution in [2.45, 2.75) is 24.8 Å². The van der Waals surface area contributed by atoms with Crippen LogP contribution in [0.1, 0.15) is 13.8 Å². The molecule has 1 N–H and O–H groups in total. The number of nitrogens with one attached hydrogen (secondary N) is 1. The molecule has 1 fully saturated rings. The van der Waals surface area contributed by atoms with Crippen molar-refractivity contribution in [1.29, 1.82) is 0 Å². The normalized spacial score (nSPS) is 25.0. The molecule has 0 saturated carbocycles. The lowest BCUT2D eigenvalue weighted by Gasteiger charge is -2.40. The first-order valence-electron chi connectivity index (χ1n) is 8.09. The number of hydrogen-bond acceptors (Lipinski definition) is 5. The van der Waals surface area contributed by atoms with Crippen LogP contribution in [0.5, 0.6) is 0 Å². The van der Waals surface area contributed by atoms with E-state index in [-0.39, 0.29) is 28.7 Å². The Hall–Kier alpha value is -1.77. The molecule has 25 heavy (non-hydrogen) atoms. The first-order chi connectivity index (χ1) is 11.8. The summed E-state index contributed by atoms with van der Waals surface area (Å²) in [6.45, 7) is 8.12. The van der Waals surface area contributed by atoms with Gasteiger partial charge in [0.05, 0.1) is 20.6 Å². The first kappa shape index (κ1) is 18.0. The Kier molecular flexibility index (Phi) is 4.95. The molecule has 2 heterocycles. The Labute approximate surface area is 151 Å². The SMILES string of the molecule is C=CC(=O)NC1C(C)CN(S(=O)(=O)c2ccc3ncsc3c2)CC1C. The van der Waals surface area contributed by atoms with Crippen LogP contribution in [0.3, 0.4) is 0 Å². The maximum atomic E-state index is 13.0. The fourth-order valence-corrected chi connectivity index (χ4v) is 5.81. The number of carbonyl (C=O) groups excluding carboxylic acids is 1. The smallest absolute Gasteiger partial charge is 0.243 e. The van der Waals surface area contributed by atoms with E-state index in [1.165, 1.54) is 21.7 Å². The molecule has 6 nitrogen and oxygen atoms in total. The van der Waals surface area contributed by atoms with Crippen LogP contribution < -0.4 is 5.32 Å². The maximum Gasteiger partial charge on any atom is 0.243 e. The highest BCUT2D eigenvalue weighted by atomic mass is 32.2. The highest BCUT2D eigenvalue weighted by molar-refractivity contribution is 7.89. The van der Waals surface area contributed by atoms with Gasteiger partial charge in [-0.2, -0.15) is 4.31 Å². The largest absolute Gasteiger partial charge is 0.349 e. The Balaban J connectivity index is 1.83. The van der Waals surface area contributed by atoms with Crippen LogP contribution in [-0.2, 0) is 14.8 Å². The summed E-state index contributed by atoms with van der Waals surface area (Å²) in [5, 5.41) is 2.92. The van der Waals surface area contributed by atoms with Gasteiger partial charge in [0, 0.05) is 19.1 Å². The maximum absolute atomic E-state index is 13.0. The van der Waals surface area contributed by atoms with E-state index >= 15 is 0 Å². The van der Waals surface area contributed by atoms with Crippen molar-refractivity contribution in [1.82, 2.24) is 14.6 Å². The van der Waals surface area contributed by atoms with Gasteiger partial charge in [-0.25, -0.2) is 13.4 Å². The third-order valence-corrected chi connectivity index (χ3v) is 7.26. The summed E-state index contributed by atoms with van der Waals surface area (Å²) in [6, 6.07) is 4.96. The molecule has 1 aliphatic rings. The first-order valence-corrected chi connectivity index (χ1v) is 10.4. The van der Waals surface area contributed by atoms with Crippen molar-refractivity contribution in [3.05, 3.63) is 36.4 Å². The van der Waals surface area contributed by atoms with Gasteiger partial charge in [-0.3, -0.25) is 4.79 Å². The van der Waals surface area contributed by atoms with Gasteiger partial charge in [0.25, 0.3) is 0 Å². The van der Waals surface area contributed by atoms with Crippen molar-refractivity contribution in [3.8, 4) is 0 Å². The van der Waals surface area contributed by atoms with Crippen LogP contribution in [0.2, 0.25) is 0 Å². The molecule has 1 aromatic heterocycles. The average molecular weight is 380 g/mol.